The minimum Gasteiger partial charge on any atom is -0.465 e. The second-order valence-electron chi connectivity index (χ2n) is 11.0. The first-order valence-electron chi connectivity index (χ1n) is 13.7. The van der Waals surface area contributed by atoms with Gasteiger partial charge >= 0.3 is 17.7 Å². The van der Waals surface area contributed by atoms with E-state index < -0.39 is 61.4 Å². The Labute approximate surface area is 261 Å². The molecule has 2 aromatic carbocycles. The van der Waals surface area contributed by atoms with Crippen molar-refractivity contribution in [3.8, 4) is 11.5 Å². The lowest BCUT2D eigenvalue weighted by molar-refractivity contribution is -0.383. The van der Waals surface area contributed by atoms with Crippen molar-refractivity contribution >= 4 is 39.2 Å². The SMILES string of the molecule is CCOC(=O)CN(Cc1ccc(Oc2ccc(CN(C)C(=O)OC(C)(C)C)cc2)cc1)c1nc(S(C)(=O)=O)nc(N)c1[N+](=O)[O-]. The summed E-state index contributed by atoms with van der Waals surface area (Å²) in [4.78, 5) is 45.8. The largest absolute Gasteiger partial charge is 0.465 e. The lowest BCUT2D eigenvalue weighted by atomic mass is 10.2. The van der Waals surface area contributed by atoms with Crippen LogP contribution < -0.4 is 15.4 Å². The van der Waals surface area contributed by atoms with Crippen LogP contribution >= 0.6 is 0 Å². The Balaban J connectivity index is 1.80. The van der Waals surface area contributed by atoms with Gasteiger partial charge in [0.2, 0.25) is 21.5 Å². The fraction of sp³-hybridized carbons (Fsp3) is 0.379. The summed E-state index contributed by atoms with van der Waals surface area (Å²) in [5.74, 6) is -0.809. The molecule has 0 saturated heterocycles. The number of hydrogen-bond acceptors (Lipinski definition) is 13. The monoisotopic (exact) mass is 644 g/mol. The van der Waals surface area contributed by atoms with E-state index in [1.165, 1.54) is 9.80 Å². The van der Waals surface area contributed by atoms with Gasteiger partial charge < -0.3 is 29.7 Å². The molecular weight excluding hydrogens is 608 g/mol. The van der Waals surface area contributed by atoms with Gasteiger partial charge in [-0.3, -0.25) is 14.9 Å². The summed E-state index contributed by atoms with van der Waals surface area (Å²) in [5, 5.41) is 11.1. The molecule has 0 unspecified atom stereocenters. The zero-order valence-corrected chi connectivity index (χ0v) is 26.7. The quantitative estimate of drug-likeness (QED) is 0.128. The van der Waals surface area contributed by atoms with E-state index in [4.69, 9.17) is 19.9 Å². The summed E-state index contributed by atoms with van der Waals surface area (Å²) < 4.78 is 40.6. The summed E-state index contributed by atoms with van der Waals surface area (Å²) in [6, 6.07) is 13.8. The van der Waals surface area contributed by atoms with E-state index in [-0.39, 0.29) is 13.2 Å². The average molecular weight is 645 g/mol. The Kier molecular flexibility index (Phi) is 10.9. The number of nitrogens with two attached hydrogens (primary N) is 1. The molecule has 0 aliphatic rings. The molecule has 0 aliphatic carbocycles. The Morgan fingerprint density at radius 2 is 1.51 bits per heavy atom. The number of esters is 1. The van der Waals surface area contributed by atoms with Gasteiger partial charge in [-0.05, 0) is 63.1 Å². The van der Waals surface area contributed by atoms with E-state index in [1.54, 1.807) is 71.1 Å². The van der Waals surface area contributed by atoms with E-state index in [1.807, 2.05) is 12.1 Å². The number of carbonyl (C=O) groups is 2. The van der Waals surface area contributed by atoms with Crippen molar-refractivity contribution < 1.29 is 37.1 Å². The van der Waals surface area contributed by atoms with E-state index in [0.29, 0.717) is 23.6 Å². The van der Waals surface area contributed by atoms with E-state index in [9.17, 15) is 28.1 Å². The van der Waals surface area contributed by atoms with E-state index in [2.05, 4.69) is 9.97 Å². The van der Waals surface area contributed by atoms with Crippen molar-refractivity contribution in [3.63, 3.8) is 0 Å². The Morgan fingerprint density at radius 1 is 0.978 bits per heavy atom. The maximum absolute atomic E-state index is 12.4. The van der Waals surface area contributed by atoms with Crippen LogP contribution in [0.3, 0.4) is 0 Å². The number of hydrogen-bond donors (Lipinski definition) is 1. The molecule has 242 valence electrons. The number of rotatable bonds is 12. The zero-order valence-electron chi connectivity index (χ0n) is 25.8. The molecule has 45 heavy (non-hydrogen) atoms. The smallest absolute Gasteiger partial charge is 0.410 e. The van der Waals surface area contributed by atoms with Crippen LogP contribution in [-0.4, -0.2) is 72.3 Å². The number of aromatic nitrogens is 2. The van der Waals surface area contributed by atoms with Gasteiger partial charge in [-0.2, -0.15) is 9.97 Å². The second kappa shape index (κ2) is 14.2. The summed E-state index contributed by atoms with van der Waals surface area (Å²) >= 11 is 0. The highest BCUT2D eigenvalue weighted by atomic mass is 32.2. The van der Waals surface area contributed by atoms with Crippen molar-refractivity contribution in [1.29, 1.82) is 0 Å². The van der Waals surface area contributed by atoms with Crippen molar-refractivity contribution in [1.82, 2.24) is 14.9 Å². The number of ether oxygens (including phenoxy) is 3. The molecule has 15 nitrogen and oxygen atoms in total. The van der Waals surface area contributed by atoms with Gasteiger partial charge in [-0.15, -0.1) is 0 Å². The first kappa shape index (κ1) is 34.5. The zero-order chi connectivity index (χ0) is 33.5. The molecule has 2 N–H and O–H groups in total. The molecule has 0 bridgehead atoms. The Bertz CT molecular complexity index is 1640. The maximum atomic E-state index is 12.4. The van der Waals surface area contributed by atoms with Crippen LogP contribution in [0.2, 0.25) is 0 Å². The molecule has 16 heteroatoms. The highest BCUT2D eigenvalue weighted by Crippen LogP contribution is 2.33. The third kappa shape index (κ3) is 10.0. The third-order valence-corrected chi connectivity index (χ3v) is 6.74. The Hall–Kier alpha value is -4.99. The van der Waals surface area contributed by atoms with Crippen LogP contribution in [0.15, 0.2) is 53.7 Å². The molecule has 0 aliphatic heterocycles. The standard InChI is InChI=1S/C29H36N6O9S/c1-7-42-23(36)18-34(26-24(35(38)39)25(30)31-27(32-26)45(6,40)41)17-20-10-14-22(15-11-20)43-21-12-8-19(9-13-21)16-33(5)28(37)44-29(2,3)4/h8-15H,7,16-18H2,1-6H3,(H2,30,31,32). The molecule has 0 radical (unpaired) electrons. The molecule has 3 aromatic rings. The highest BCUT2D eigenvalue weighted by Gasteiger charge is 2.31. The fourth-order valence-corrected chi connectivity index (χ4v) is 4.45. The van der Waals surface area contributed by atoms with Crippen LogP contribution in [0.1, 0.15) is 38.8 Å². The van der Waals surface area contributed by atoms with Crippen molar-refractivity contribution in [2.45, 2.75) is 51.5 Å². The molecule has 1 aromatic heterocycles. The van der Waals surface area contributed by atoms with Crippen LogP contribution in [-0.2, 0) is 37.2 Å². The lowest BCUT2D eigenvalue weighted by Gasteiger charge is -2.24. The summed E-state index contributed by atoms with van der Waals surface area (Å²) in [5.41, 5.74) is 5.87. The first-order valence-corrected chi connectivity index (χ1v) is 15.6. The van der Waals surface area contributed by atoms with Gasteiger partial charge in [0.1, 0.15) is 23.6 Å². The van der Waals surface area contributed by atoms with Crippen molar-refractivity contribution in [2.75, 3.05) is 37.1 Å². The normalized spacial score (nSPS) is 11.4. The van der Waals surface area contributed by atoms with Crippen LogP contribution in [0.25, 0.3) is 0 Å². The summed E-state index contributed by atoms with van der Waals surface area (Å²) in [6.07, 6.45) is 0.402. The highest BCUT2D eigenvalue weighted by molar-refractivity contribution is 7.90. The van der Waals surface area contributed by atoms with Crippen LogP contribution in [0.4, 0.5) is 22.1 Å². The van der Waals surface area contributed by atoms with Gasteiger partial charge in [0.05, 0.1) is 11.5 Å². The molecule has 3 rings (SSSR count). The number of amides is 1. The van der Waals surface area contributed by atoms with Gasteiger partial charge in [0.15, 0.2) is 0 Å². The van der Waals surface area contributed by atoms with Gasteiger partial charge in [0.25, 0.3) is 5.16 Å². The van der Waals surface area contributed by atoms with Crippen LogP contribution in [0.5, 0.6) is 11.5 Å². The molecule has 1 amide bonds. The van der Waals surface area contributed by atoms with E-state index >= 15 is 0 Å². The summed E-state index contributed by atoms with van der Waals surface area (Å²) in [7, 11) is -2.35. The van der Waals surface area contributed by atoms with Crippen LogP contribution in [0, 0.1) is 10.1 Å². The number of anilines is 2. The first-order chi connectivity index (χ1) is 21.0. The number of carbonyl (C=O) groups excluding carboxylic acids is 2. The van der Waals surface area contributed by atoms with Crippen molar-refractivity contribution in [3.05, 3.63) is 69.8 Å². The lowest BCUT2D eigenvalue weighted by Crippen LogP contribution is -2.33. The molecule has 0 atom stereocenters. The van der Waals surface area contributed by atoms with E-state index in [0.717, 1.165) is 11.8 Å². The molecule has 0 spiro atoms. The number of benzene rings is 2. The number of nitrogens with zero attached hydrogens (tertiary/aromatic N) is 5. The minimum absolute atomic E-state index is 0.0583. The predicted octanol–water partition coefficient (Wildman–Crippen LogP) is 4.10. The maximum Gasteiger partial charge on any atom is 0.410 e. The Morgan fingerprint density at radius 3 is 1.98 bits per heavy atom. The fourth-order valence-electron chi connectivity index (χ4n) is 3.93. The minimum atomic E-state index is -4.00. The van der Waals surface area contributed by atoms with Gasteiger partial charge in [-0.25, -0.2) is 13.2 Å². The topological polar surface area (TPSA) is 197 Å². The number of sulfone groups is 1. The third-order valence-electron chi connectivity index (χ3n) is 5.89. The second-order valence-corrected chi connectivity index (χ2v) is 12.9. The summed E-state index contributed by atoms with van der Waals surface area (Å²) in [6.45, 7) is 6.82. The molecule has 0 saturated carbocycles. The predicted molar refractivity (Wildman–Crippen MR) is 165 cm³/mol. The number of nitro groups is 1. The van der Waals surface area contributed by atoms with Gasteiger partial charge in [-0.1, -0.05) is 24.3 Å². The molecule has 0 fully saturated rings. The number of nitrogen functional groups attached to an aromatic ring is 1. The molecule has 1 heterocycles. The van der Waals surface area contributed by atoms with Gasteiger partial charge in [0, 0.05) is 26.4 Å². The average Bonchev–Trinajstić information content (AvgIpc) is 2.92. The van der Waals surface area contributed by atoms with Crippen molar-refractivity contribution in [2.24, 2.45) is 0 Å². The molecular formula is C29H36N6O9S.